The number of nitrogens with one attached hydrogen (secondary N) is 1. The number of aryl methyl sites for hydroxylation is 1. The fourth-order valence-electron chi connectivity index (χ4n) is 3.54. The number of carbonyl (C=O) groups excluding carboxylic acids is 2. The van der Waals surface area contributed by atoms with Gasteiger partial charge in [-0.05, 0) is 52.0 Å². The molecule has 0 saturated carbocycles. The summed E-state index contributed by atoms with van der Waals surface area (Å²) < 4.78 is 26.3. The Morgan fingerprint density at radius 1 is 1.14 bits per heavy atom. The van der Waals surface area contributed by atoms with E-state index in [1.807, 2.05) is 4.90 Å². The van der Waals surface area contributed by atoms with Crippen LogP contribution in [0.3, 0.4) is 0 Å². The molecule has 4 rings (SSSR count). The molecule has 0 spiro atoms. The summed E-state index contributed by atoms with van der Waals surface area (Å²) in [5, 5.41) is 10.6. The summed E-state index contributed by atoms with van der Waals surface area (Å²) in [6.45, 7) is 9.39. The van der Waals surface area contributed by atoms with Crippen LogP contribution >= 0.6 is 0 Å². The molecule has 0 unspecified atom stereocenters. The van der Waals surface area contributed by atoms with Crippen molar-refractivity contribution in [2.45, 2.75) is 33.3 Å². The monoisotopic (exact) mass is 482 g/mol. The Morgan fingerprint density at radius 2 is 1.89 bits per heavy atom. The molecule has 10 nitrogen and oxygen atoms in total. The van der Waals surface area contributed by atoms with Gasteiger partial charge in [-0.2, -0.15) is 0 Å². The normalized spacial score (nSPS) is 14.0. The lowest BCUT2D eigenvalue weighted by Crippen LogP contribution is -2.36. The number of pyridine rings is 1. The number of benzene rings is 1. The van der Waals surface area contributed by atoms with Gasteiger partial charge in [-0.1, -0.05) is 5.21 Å². The number of halogens is 1. The molecule has 184 valence electrons. The van der Waals surface area contributed by atoms with Crippen LogP contribution in [0.5, 0.6) is 0 Å². The molecule has 1 aliphatic rings. The number of anilines is 2. The number of morpholine rings is 1. The van der Waals surface area contributed by atoms with E-state index in [1.165, 1.54) is 29.2 Å². The van der Waals surface area contributed by atoms with E-state index in [1.54, 1.807) is 39.8 Å². The van der Waals surface area contributed by atoms with Gasteiger partial charge in [-0.15, -0.1) is 5.10 Å². The number of nitrogens with zero attached hydrogens (tertiary/aromatic N) is 5. The number of ether oxygens (including phenoxy) is 2. The first-order chi connectivity index (χ1) is 16.6. The summed E-state index contributed by atoms with van der Waals surface area (Å²) in [6.07, 6.45) is 2.93. The highest BCUT2D eigenvalue weighted by atomic mass is 19.1. The summed E-state index contributed by atoms with van der Waals surface area (Å²) in [7, 11) is 0. The number of amides is 1. The third kappa shape index (κ3) is 5.99. The van der Waals surface area contributed by atoms with E-state index >= 15 is 0 Å². The predicted octanol–water partition coefficient (Wildman–Crippen LogP) is 3.15. The van der Waals surface area contributed by atoms with Gasteiger partial charge in [-0.25, -0.2) is 13.9 Å². The largest absolute Gasteiger partial charge is 0.455 e. The second-order valence-electron chi connectivity index (χ2n) is 9.13. The minimum Gasteiger partial charge on any atom is -0.455 e. The maximum atomic E-state index is 14.3. The molecule has 1 fully saturated rings. The van der Waals surface area contributed by atoms with Gasteiger partial charge in [0.15, 0.2) is 5.69 Å². The Balaban J connectivity index is 1.53. The molecule has 2 aromatic heterocycles. The average Bonchev–Trinajstić information content (AvgIpc) is 3.30. The highest BCUT2D eigenvalue weighted by molar-refractivity contribution is 6.05. The first-order valence-electron chi connectivity index (χ1n) is 11.2. The third-order valence-corrected chi connectivity index (χ3v) is 5.19. The second-order valence-corrected chi connectivity index (χ2v) is 9.13. The average molecular weight is 483 g/mol. The highest BCUT2D eigenvalue weighted by Gasteiger charge is 2.21. The van der Waals surface area contributed by atoms with Crippen LogP contribution in [0.1, 0.15) is 47.3 Å². The summed E-state index contributed by atoms with van der Waals surface area (Å²) in [5.74, 6) is -1.58. The molecule has 1 aliphatic heterocycles. The number of carbonyl (C=O) groups is 2. The molecular formula is C24H27FN6O4. The van der Waals surface area contributed by atoms with Gasteiger partial charge in [-0.3, -0.25) is 9.78 Å². The SMILES string of the molecule is Cc1ncc(NC(=O)c2cc(F)cc(N3CCOCC3)c2)cc1-n1cc(C(=O)OC(C)(C)C)nn1. The number of rotatable bonds is 5. The maximum absolute atomic E-state index is 14.3. The topological polar surface area (TPSA) is 111 Å². The molecule has 11 heteroatoms. The smallest absolute Gasteiger partial charge is 0.361 e. The third-order valence-electron chi connectivity index (χ3n) is 5.19. The first-order valence-corrected chi connectivity index (χ1v) is 11.2. The van der Waals surface area contributed by atoms with Crippen LogP contribution in [-0.2, 0) is 9.47 Å². The number of hydrogen-bond acceptors (Lipinski definition) is 8. The Labute approximate surface area is 202 Å². The van der Waals surface area contributed by atoms with Crippen molar-refractivity contribution in [3.8, 4) is 5.69 Å². The Morgan fingerprint density at radius 3 is 2.60 bits per heavy atom. The zero-order chi connectivity index (χ0) is 25.2. The predicted molar refractivity (Wildman–Crippen MR) is 126 cm³/mol. The van der Waals surface area contributed by atoms with E-state index < -0.39 is 23.3 Å². The maximum Gasteiger partial charge on any atom is 0.361 e. The Hall–Kier alpha value is -3.86. The molecule has 1 saturated heterocycles. The molecule has 3 heterocycles. The molecule has 3 aromatic rings. The molecular weight excluding hydrogens is 455 g/mol. The number of esters is 1. The Kier molecular flexibility index (Phi) is 6.79. The standard InChI is InChI=1S/C24H27FN6O4/c1-15-21(31-14-20(28-29-31)23(33)35-24(2,3)4)12-18(13-26-15)27-22(32)16-9-17(25)11-19(10-16)30-5-7-34-8-6-30/h9-14H,5-8H2,1-4H3,(H,27,32). The van der Waals surface area contributed by atoms with Crippen LogP contribution < -0.4 is 10.2 Å². The van der Waals surface area contributed by atoms with E-state index in [4.69, 9.17) is 9.47 Å². The van der Waals surface area contributed by atoms with Crippen LogP contribution in [0.25, 0.3) is 5.69 Å². The molecule has 0 aliphatic carbocycles. The fourth-order valence-corrected chi connectivity index (χ4v) is 3.54. The van der Waals surface area contributed by atoms with Gasteiger partial charge in [0.05, 0.1) is 42.7 Å². The molecule has 1 aromatic carbocycles. The Bertz CT molecular complexity index is 1250. The van der Waals surface area contributed by atoms with E-state index in [0.29, 0.717) is 49.1 Å². The van der Waals surface area contributed by atoms with Crippen LogP contribution in [0.15, 0.2) is 36.7 Å². The van der Waals surface area contributed by atoms with E-state index in [2.05, 4.69) is 20.6 Å². The molecule has 0 atom stereocenters. The highest BCUT2D eigenvalue weighted by Crippen LogP contribution is 2.22. The lowest BCUT2D eigenvalue weighted by atomic mass is 10.1. The lowest BCUT2D eigenvalue weighted by Gasteiger charge is -2.29. The van der Waals surface area contributed by atoms with Crippen molar-refractivity contribution in [2.24, 2.45) is 0 Å². The lowest BCUT2D eigenvalue weighted by molar-refractivity contribution is 0.00626. The van der Waals surface area contributed by atoms with Crippen molar-refractivity contribution in [3.63, 3.8) is 0 Å². The van der Waals surface area contributed by atoms with Crippen LogP contribution in [0.4, 0.5) is 15.8 Å². The zero-order valence-electron chi connectivity index (χ0n) is 20.0. The van der Waals surface area contributed by atoms with E-state index in [-0.39, 0.29) is 11.3 Å². The van der Waals surface area contributed by atoms with Gasteiger partial charge >= 0.3 is 5.97 Å². The van der Waals surface area contributed by atoms with E-state index in [9.17, 15) is 14.0 Å². The minimum absolute atomic E-state index is 0.0455. The fraction of sp³-hybridized carbons (Fsp3) is 0.375. The van der Waals surface area contributed by atoms with Crippen LogP contribution in [-0.4, -0.2) is 63.8 Å². The van der Waals surface area contributed by atoms with Gasteiger partial charge < -0.3 is 19.7 Å². The second kappa shape index (κ2) is 9.79. The summed E-state index contributed by atoms with van der Waals surface area (Å²) in [5.41, 5.74) is 1.68. The van der Waals surface area contributed by atoms with Gasteiger partial charge in [0.2, 0.25) is 0 Å². The van der Waals surface area contributed by atoms with Crippen molar-refractivity contribution in [1.82, 2.24) is 20.0 Å². The van der Waals surface area contributed by atoms with Crippen molar-refractivity contribution < 1.29 is 23.5 Å². The van der Waals surface area contributed by atoms with Gasteiger partial charge in [0.25, 0.3) is 5.91 Å². The van der Waals surface area contributed by atoms with Crippen LogP contribution in [0, 0.1) is 12.7 Å². The molecule has 1 N–H and O–H groups in total. The van der Waals surface area contributed by atoms with Gasteiger partial charge in [0, 0.05) is 24.3 Å². The number of aromatic nitrogens is 4. The molecule has 0 bridgehead atoms. The first kappa shape index (κ1) is 24.3. The minimum atomic E-state index is -0.666. The molecule has 0 radical (unpaired) electrons. The van der Waals surface area contributed by atoms with Crippen molar-refractivity contribution >= 4 is 23.3 Å². The van der Waals surface area contributed by atoms with E-state index in [0.717, 1.165) is 0 Å². The summed E-state index contributed by atoms with van der Waals surface area (Å²) >= 11 is 0. The quantitative estimate of drug-likeness (QED) is 0.552. The number of hydrogen-bond donors (Lipinski definition) is 1. The van der Waals surface area contributed by atoms with Crippen molar-refractivity contribution in [3.05, 3.63) is 59.4 Å². The van der Waals surface area contributed by atoms with Crippen LogP contribution in [0.2, 0.25) is 0 Å². The van der Waals surface area contributed by atoms with Gasteiger partial charge in [0.1, 0.15) is 11.4 Å². The molecule has 1 amide bonds. The van der Waals surface area contributed by atoms with Crippen molar-refractivity contribution in [1.29, 1.82) is 0 Å². The van der Waals surface area contributed by atoms with Crippen molar-refractivity contribution in [2.75, 3.05) is 36.5 Å². The molecule has 35 heavy (non-hydrogen) atoms. The summed E-state index contributed by atoms with van der Waals surface area (Å²) in [6, 6.07) is 5.89. The zero-order valence-corrected chi connectivity index (χ0v) is 20.0. The summed E-state index contributed by atoms with van der Waals surface area (Å²) in [4.78, 5) is 31.5.